The van der Waals surface area contributed by atoms with Gasteiger partial charge in [-0.2, -0.15) is 5.10 Å². The van der Waals surface area contributed by atoms with Gasteiger partial charge in [-0.15, -0.1) is 0 Å². The van der Waals surface area contributed by atoms with E-state index >= 15 is 0 Å². The zero-order valence-corrected chi connectivity index (χ0v) is 34.8. The van der Waals surface area contributed by atoms with Gasteiger partial charge in [-0.25, -0.2) is 14.8 Å². The van der Waals surface area contributed by atoms with Crippen molar-refractivity contribution in [3.63, 3.8) is 0 Å². The number of nitrogens with one attached hydrogen (secondary N) is 3. The Morgan fingerprint density at radius 2 is 1.62 bits per heavy atom. The quantitative estimate of drug-likeness (QED) is 0.102. The molecule has 1 aliphatic rings. The topological polar surface area (TPSA) is 192 Å². The van der Waals surface area contributed by atoms with E-state index in [1.165, 1.54) is 38.4 Å². The summed E-state index contributed by atoms with van der Waals surface area (Å²) < 4.78 is 5.21. The molecule has 308 valence electrons. The molecule has 56 heavy (non-hydrogen) atoms. The lowest BCUT2D eigenvalue weighted by Crippen LogP contribution is -2.34. The largest absolute Gasteiger partial charge is 0.444 e. The normalized spacial score (nSPS) is 13.1. The number of hydrogen-bond donors (Lipinski definition) is 4. The summed E-state index contributed by atoms with van der Waals surface area (Å²) in [6.45, 7) is 13.8. The van der Waals surface area contributed by atoms with E-state index in [9.17, 15) is 19.2 Å². The third kappa shape index (κ3) is 15.2. The Labute approximate surface area is 332 Å². The van der Waals surface area contributed by atoms with Gasteiger partial charge in [0.25, 0.3) is 5.91 Å². The van der Waals surface area contributed by atoms with Crippen LogP contribution in [-0.4, -0.2) is 118 Å². The number of alkyl carbamates (subject to hydrolysis) is 1. The van der Waals surface area contributed by atoms with Gasteiger partial charge in [-0.3, -0.25) is 19.5 Å². The highest BCUT2D eigenvalue weighted by atomic mass is 16.6. The van der Waals surface area contributed by atoms with Crippen LogP contribution >= 0.6 is 0 Å². The molecule has 15 heteroatoms. The van der Waals surface area contributed by atoms with Gasteiger partial charge < -0.3 is 35.8 Å². The number of fused-ring (bicyclic) bond motifs is 1. The van der Waals surface area contributed by atoms with Gasteiger partial charge >= 0.3 is 6.09 Å². The predicted molar refractivity (Wildman–Crippen MR) is 221 cm³/mol. The molecule has 2 aromatic heterocycles. The van der Waals surface area contributed by atoms with Crippen molar-refractivity contribution in [2.75, 3.05) is 64.9 Å². The number of aromatic nitrogens is 4. The molecule has 1 fully saturated rings. The summed E-state index contributed by atoms with van der Waals surface area (Å²) in [5, 5.41) is 12.7. The number of carbonyl (C=O) groups excluding carboxylic acids is 4. The van der Waals surface area contributed by atoms with Crippen molar-refractivity contribution in [3.8, 4) is 0 Å². The maximum absolute atomic E-state index is 12.7. The van der Waals surface area contributed by atoms with E-state index in [1.54, 1.807) is 31.1 Å². The summed E-state index contributed by atoms with van der Waals surface area (Å²) in [4.78, 5) is 62.0. The van der Waals surface area contributed by atoms with Gasteiger partial charge in [0, 0.05) is 52.0 Å². The lowest BCUT2D eigenvalue weighted by atomic mass is 9.98. The minimum Gasteiger partial charge on any atom is -0.444 e. The molecule has 4 amide bonds. The average Bonchev–Trinajstić information content (AvgIpc) is 3.59. The molecule has 0 bridgehead atoms. The van der Waals surface area contributed by atoms with Crippen LogP contribution in [0.3, 0.4) is 0 Å². The van der Waals surface area contributed by atoms with Crippen LogP contribution in [0.15, 0.2) is 30.6 Å². The highest BCUT2D eigenvalue weighted by molar-refractivity contribution is 6.13. The van der Waals surface area contributed by atoms with Crippen LogP contribution in [0.4, 0.5) is 16.3 Å². The average molecular weight is 777 g/mol. The fourth-order valence-corrected chi connectivity index (χ4v) is 6.12. The van der Waals surface area contributed by atoms with Crippen molar-refractivity contribution in [3.05, 3.63) is 53.0 Å². The SMILES string of the molecule is CN(C/C=C/C(=O)N1CCCCC1)CCCCCCCCNC(=O)OC(C)(C)C.Cc1c(CC(=O)N(C)C)ccc(NC(=O)c2[nH]nc3ncnc(N)c23)c1C. The second-order valence-electron chi connectivity index (χ2n) is 15.6. The van der Waals surface area contributed by atoms with Crippen molar-refractivity contribution in [2.24, 2.45) is 0 Å². The number of likely N-dealkylation sites (N-methyl/N-ethyl adjacent to an activating group) is 2. The fourth-order valence-electron chi connectivity index (χ4n) is 6.12. The molecule has 15 nitrogen and oxygen atoms in total. The molecule has 0 unspecified atom stereocenters. The first-order valence-electron chi connectivity index (χ1n) is 19.7. The zero-order chi connectivity index (χ0) is 41.3. The summed E-state index contributed by atoms with van der Waals surface area (Å²) >= 11 is 0. The molecule has 5 N–H and O–H groups in total. The third-order valence-corrected chi connectivity index (χ3v) is 9.58. The fraction of sp³-hybridized carbons (Fsp3) is 0.585. The Morgan fingerprint density at radius 1 is 0.946 bits per heavy atom. The molecule has 0 radical (unpaired) electrons. The summed E-state index contributed by atoms with van der Waals surface area (Å²) in [7, 11) is 5.56. The number of ether oxygens (including phenoxy) is 1. The second kappa shape index (κ2) is 22.5. The second-order valence-corrected chi connectivity index (χ2v) is 15.6. The van der Waals surface area contributed by atoms with Gasteiger partial charge in [0.2, 0.25) is 11.8 Å². The number of rotatable bonds is 16. The number of nitrogen functional groups attached to an aromatic ring is 1. The highest BCUT2D eigenvalue weighted by Gasteiger charge is 2.20. The standard InChI is InChI=1S/C23H43N3O3.C18H21N7O2/c1-23(2,3)29-22(28)24-16-10-7-5-6-8-11-17-25(4)18-14-15-21(27)26-19-12-9-13-20-26;1-9-10(2)12(6-5-11(9)7-13(26)25(3)4)22-18(27)15-14-16(19)20-8-21-17(14)24-23-15/h14-15H,5-13,16-20H2,1-4H3,(H,24,28);5-6,8H,7H2,1-4H3,(H,22,27)(H3,19,20,21,23,24)/b15-14+;. The van der Waals surface area contributed by atoms with Crippen LogP contribution in [0, 0.1) is 13.8 Å². The number of amides is 4. The summed E-state index contributed by atoms with van der Waals surface area (Å²) in [5.74, 6) is -0.0177. The van der Waals surface area contributed by atoms with Crippen LogP contribution in [0.2, 0.25) is 0 Å². The number of piperidine rings is 1. The van der Waals surface area contributed by atoms with Gasteiger partial charge in [-0.1, -0.05) is 37.8 Å². The minimum atomic E-state index is -0.435. The van der Waals surface area contributed by atoms with Crippen molar-refractivity contribution in [1.29, 1.82) is 0 Å². The Hall–Kier alpha value is -5.05. The molecule has 0 saturated carbocycles. The van der Waals surface area contributed by atoms with E-state index in [0.717, 1.165) is 68.6 Å². The number of carbonyl (C=O) groups is 4. The van der Waals surface area contributed by atoms with E-state index in [0.29, 0.717) is 29.7 Å². The maximum atomic E-state index is 12.7. The monoisotopic (exact) mass is 777 g/mol. The number of likely N-dealkylation sites (tertiary alicyclic amines) is 1. The van der Waals surface area contributed by atoms with Gasteiger partial charge in [0.1, 0.15) is 23.4 Å². The maximum Gasteiger partial charge on any atom is 0.407 e. The van der Waals surface area contributed by atoms with Gasteiger partial charge in [0.15, 0.2) is 5.65 Å². The summed E-state index contributed by atoms with van der Waals surface area (Å²) in [6.07, 6.45) is 15.5. The van der Waals surface area contributed by atoms with Crippen molar-refractivity contribution >= 4 is 46.4 Å². The lowest BCUT2D eigenvalue weighted by Gasteiger charge is -2.25. The molecule has 1 aliphatic heterocycles. The van der Waals surface area contributed by atoms with E-state index < -0.39 is 11.5 Å². The van der Waals surface area contributed by atoms with Crippen LogP contribution in [0.1, 0.15) is 106 Å². The first-order chi connectivity index (χ1) is 26.6. The number of aromatic amines is 1. The van der Waals surface area contributed by atoms with Gasteiger partial charge in [-0.05, 0) is 103 Å². The third-order valence-electron chi connectivity index (χ3n) is 9.58. The Morgan fingerprint density at radius 3 is 2.30 bits per heavy atom. The molecule has 4 rings (SSSR count). The number of nitrogens with zero attached hydrogens (tertiary/aromatic N) is 6. The Bertz CT molecular complexity index is 1780. The summed E-state index contributed by atoms with van der Waals surface area (Å²) in [6, 6.07) is 3.64. The molecular weight excluding hydrogens is 713 g/mol. The Kier molecular flexibility index (Phi) is 18.2. The molecule has 0 spiro atoms. The predicted octanol–water partition coefficient (Wildman–Crippen LogP) is 5.79. The number of nitrogens with two attached hydrogens (primary N) is 1. The van der Waals surface area contributed by atoms with Crippen LogP contribution in [0.5, 0.6) is 0 Å². The molecule has 0 aliphatic carbocycles. The van der Waals surface area contributed by atoms with Crippen LogP contribution in [0.25, 0.3) is 11.0 Å². The van der Waals surface area contributed by atoms with E-state index in [-0.39, 0.29) is 29.4 Å². The molecule has 3 aromatic rings. The molecular formula is C41H64N10O5. The number of hydrogen-bond acceptors (Lipinski definition) is 10. The number of H-pyrrole nitrogens is 1. The first kappa shape index (κ1) is 45.3. The summed E-state index contributed by atoms with van der Waals surface area (Å²) in [5.41, 5.74) is 9.37. The minimum absolute atomic E-state index is 0.0219. The van der Waals surface area contributed by atoms with Crippen LogP contribution < -0.4 is 16.4 Å². The van der Waals surface area contributed by atoms with Gasteiger partial charge in [0.05, 0.1) is 11.8 Å². The zero-order valence-electron chi connectivity index (χ0n) is 34.8. The first-order valence-corrected chi connectivity index (χ1v) is 19.7. The number of unbranched alkanes of at least 4 members (excludes halogenated alkanes) is 5. The Balaban J connectivity index is 0.000000301. The molecule has 1 saturated heterocycles. The van der Waals surface area contributed by atoms with E-state index in [1.807, 2.05) is 51.7 Å². The van der Waals surface area contributed by atoms with E-state index in [2.05, 4.69) is 42.7 Å². The highest BCUT2D eigenvalue weighted by Crippen LogP contribution is 2.25. The molecule has 1 aromatic carbocycles. The molecule has 3 heterocycles. The van der Waals surface area contributed by atoms with Crippen molar-refractivity contribution in [1.82, 2.24) is 40.2 Å². The van der Waals surface area contributed by atoms with Crippen molar-refractivity contribution < 1.29 is 23.9 Å². The van der Waals surface area contributed by atoms with E-state index in [4.69, 9.17) is 10.5 Å². The lowest BCUT2D eigenvalue weighted by molar-refractivity contribution is -0.128. The van der Waals surface area contributed by atoms with Crippen LogP contribution in [-0.2, 0) is 20.7 Å². The number of benzene rings is 1. The molecule has 0 atom stereocenters. The van der Waals surface area contributed by atoms with Crippen molar-refractivity contribution in [2.45, 2.75) is 104 Å². The number of anilines is 2. The smallest absolute Gasteiger partial charge is 0.407 e.